The van der Waals surface area contributed by atoms with Gasteiger partial charge in [-0.25, -0.2) is 4.98 Å². The Kier molecular flexibility index (Phi) is 6.23. The van der Waals surface area contributed by atoms with Gasteiger partial charge in [-0.1, -0.05) is 78.5 Å². The molecule has 0 radical (unpaired) electrons. The molecule has 0 spiro atoms. The number of carbonyl (C=O) groups is 1. The zero-order valence-electron chi connectivity index (χ0n) is 17.7. The fourth-order valence-electron chi connectivity index (χ4n) is 4.13. The number of nitrogens with zero attached hydrogens (tertiary/aromatic N) is 2. The van der Waals surface area contributed by atoms with Crippen LogP contribution in [-0.4, -0.2) is 33.9 Å². The molecule has 2 heterocycles. The number of fused-ring (bicyclic) bond motifs is 1. The Morgan fingerprint density at radius 1 is 1.06 bits per heavy atom. The second-order valence-electron chi connectivity index (χ2n) is 7.90. The highest BCUT2D eigenvalue weighted by Gasteiger charge is 2.21. The molecule has 1 unspecified atom stereocenters. The molecule has 162 valence electrons. The SMILES string of the molecule is O=C(CSc1ncc(-c2ccccc2)n1CC1CCCO1)Nc1cccc2ccccc12. The maximum Gasteiger partial charge on any atom is 0.234 e. The molecule has 1 N–H and O–H groups in total. The van der Waals surface area contributed by atoms with Gasteiger partial charge in [0.1, 0.15) is 0 Å². The number of benzene rings is 3. The number of hydrogen-bond donors (Lipinski definition) is 1. The third-order valence-corrected chi connectivity index (χ3v) is 6.69. The molecule has 5 rings (SSSR count). The number of amides is 1. The first-order chi connectivity index (χ1) is 15.8. The van der Waals surface area contributed by atoms with Crippen molar-refractivity contribution in [2.75, 3.05) is 17.7 Å². The predicted molar refractivity (Wildman–Crippen MR) is 130 cm³/mol. The van der Waals surface area contributed by atoms with Gasteiger partial charge in [0, 0.05) is 17.7 Å². The van der Waals surface area contributed by atoms with Gasteiger partial charge in [-0.15, -0.1) is 0 Å². The zero-order chi connectivity index (χ0) is 21.8. The van der Waals surface area contributed by atoms with E-state index in [2.05, 4.69) is 27.0 Å². The minimum absolute atomic E-state index is 0.0423. The van der Waals surface area contributed by atoms with Crippen LogP contribution in [0.15, 0.2) is 84.1 Å². The van der Waals surface area contributed by atoms with Crippen LogP contribution in [0.1, 0.15) is 12.8 Å². The van der Waals surface area contributed by atoms with Crippen molar-refractivity contribution in [1.82, 2.24) is 9.55 Å². The van der Waals surface area contributed by atoms with Crippen molar-refractivity contribution >= 4 is 34.1 Å². The van der Waals surface area contributed by atoms with Crippen LogP contribution in [0.2, 0.25) is 0 Å². The van der Waals surface area contributed by atoms with Crippen molar-refractivity contribution in [3.63, 3.8) is 0 Å². The minimum atomic E-state index is -0.0423. The quantitative estimate of drug-likeness (QED) is 0.377. The van der Waals surface area contributed by atoms with Crippen LogP contribution in [0, 0.1) is 0 Å². The molecule has 1 aromatic heterocycles. The number of ether oxygens (including phenoxy) is 1. The Labute approximate surface area is 191 Å². The van der Waals surface area contributed by atoms with E-state index in [1.807, 2.05) is 66.9 Å². The Balaban J connectivity index is 1.33. The van der Waals surface area contributed by atoms with Crippen LogP contribution in [0.4, 0.5) is 5.69 Å². The number of thioether (sulfide) groups is 1. The summed E-state index contributed by atoms with van der Waals surface area (Å²) in [7, 11) is 0. The van der Waals surface area contributed by atoms with Crippen molar-refractivity contribution in [2.45, 2.75) is 30.6 Å². The Morgan fingerprint density at radius 2 is 1.88 bits per heavy atom. The second-order valence-corrected chi connectivity index (χ2v) is 8.84. The lowest BCUT2D eigenvalue weighted by Gasteiger charge is -2.16. The first-order valence-electron chi connectivity index (χ1n) is 10.9. The maximum atomic E-state index is 12.8. The normalized spacial score (nSPS) is 15.8. The molecule has 4 aromatic rings. The molecule has 32 heavy (non-hydrogen) atoms. The predicted octanol–water partition coefficient (Wildman–Crippen LogP) is 5.61. The van der Waals surface area contributed by atoms with Crippen LogP contribution in [0.25, 0.3) is 22.0 Å². The van der Waals surface area contributed by atoms with Gasteiger partial charge in [0.2, 0.25) is 5.91 Å². The monoisotopic (exact) mass is 443 g/mol. The van der Waals surface area contributed by atoms with E-state index < -0.39 is 0 Å². The number of rotatable bonds is 7. The van der Waals surface area contributed by atoms with E-state index in [1.54, 1.807) is 0 Å². The molecule has 1 aliphatic heterocycles. The van der Waals surface area contributed by atoms with Crippen LogP contribution in [0.3, 0.4) is 0 Å². The van der Waals surface area contributed by atoms with E-state index in [-0.39, 0.29) is 12.0 Å². The fourth-order valence-corrected chi connectivity index (χ4v) is 4.92. The van der Waals surface area contributed by atoms with Crippen molar-refractivity contribution < 1.29 is 9.53 Å². The summed E-state index contributed by atoms with van der Waals surface area (Å²) in [5.74, 6) is 0.249. The highest BCUT2D eigenvalue weighted by Crippen LogP contribution is 2.29. The second kappa shape index (κ2) is 9.59. The summed E-state index contributed by atoms with van der Waals surface area (Å²) >= 11 is 1.46. The van der Waals surface area contributed by atoms with Gasteiger partial charge in [-0.05, 0) is 29.9 Å². The summed E-state index contributed by atoms with van der Waals surface area (Å²) in [6.45, 7) is 1.56. The van der Waals surface area contributed by atoms with Gasteiger partial charge in [0.25, 0.3) is 0 Å². The Bertz CT molecular complexity index is 1210. The Hall–Kier alpha value is -3.09. The van der Waals surface area contributed by atoms with E-state index >= 15 is 0 Å². The van der Waals surface area contributed by atoms with E-state index in [9.17, 15) is 4.79 Å². The molecule has 1 fully saturated rings. The molecule has 1 saturated heterocycles. The first-order valence-corrected chi connectivity index (χ1v) is 11.9. The van der Waals surface area contributed by atoms with E-state index in [0.29, 0.717) is 5.75 Å². The highest BCUT2D eigenvalue weighted by molar-refractivity contribution is 7.99. The van der Waals surface area contributed by atoms with E-state index in [4.69, 9.17) is 4.74 Å². The number of imidazole rings is 1. The van der Waals surface area contributed by atoms with Crippen molar-refractivity contribution in [3.05, 3.63) is 79.0 Å². The molecule has 6 heteroatoms. The van der Waals surface area contributed by atoms with Crippen LogP contribution in [0.5, 0.6) is 0 Å². The van der Waals surface area contributed by atoms with Gasteiger partial charge in [0.05, 0.1) is 30.3 Å². The number of aromatic nitrogens is 2. The smallest absolute Gasteiger partial charge is 0.234 e. The molecule has 0 saturated carbocycles. The van der Waals surface area contributed by atoms with Crippen LogP contribution < -0.4 is 5.32 Å². The molecule has 0 aliphatic carbocycles. The molecule has 1 amide bonds. The first kappa shape index (κ1) is 20.8. The average molecular weight is 444 g/mol. The summed E-state index contributed by atoms with van der Waals surface area (Å²) < 4.78 is 8.08. The van der Waals surface area contributed by atoms with Gasteiger partial charge < -0.3 is 14.6 Å². The van der Waals surface area contributed by atoms with Crippen molar-refractivity contribution in [1.29, 1.82) is 0 Å². The lowest BCUT2D eigenvalue weighted by Crippen LogP contribution is -2.18. The summed E-state index contributed by atoms with van der Waals surface area (Å²) in [6.07, 6.45) is 4.24. The van der Waals surface area contributed by atoms with Crippen LogP contribution >= 0.6 is 11.8 Å². The van der Waals surface area contributed by atoms with E-state index in [0.717, 1.165) is 58.9 Å². The molecular weight excluding hydrogens is 418 g/mol. The number of hydrogen-bond acceptors (Lipinski definition) is 4. The summed E-state index contributed by atoms with van der Waals surface area (Å²) in [4.78, 5) is 17.4. The third-order valence-electron chi connectivity index (χ3n) is 5.69. The summed E-state index contributed by atoms with van der Waals surface area (Å²) in [5.41, 5.74) is 3.00. The Morgan fingerprint density at radius 3 is 2.72 bits per heavy atom. The third kappa shape index (κ3) is 4.56. The van der Waals surface area contributed by atoms with Crippen molar-refractivity contribution in [3.8, 4) is 11.3 Å². The standard InChI is InChI=1S/C26H25N3O2S/c30-25(28-23-14-6-11-19-8-4-5-13-22(19)23)18-32-26-27-16-24(20-9-2-1-3-10-20)29(26)17-21-12-7-15-31-21/h1-6,8-11,13-14,16,21H,7,12,15,17-18H2,(H,28,30). The molecule has 1 atom stereocenters. The highest BCUT2D eigenvalue weighted by atomic mass is 32.2. The molecular formula is C26H25N3O2S. The average Bonchev–Trinajstić information content (AvgIpc) is 3.49. The van der Waals surface area contributed by atoms with Gasteiger partial charge in [0.15, 0.2) is 5.16 Å². The fraction of sp³-hybridized carbons (Fsp3) is 0.231. The lowest BCUT2D eigenvalue weighted by atomic mass is 10.1. The van der Waals surface area contributed by atoms with Gasteiger partial charge in [-0.2, -0.15) is 0 Å². The molecule has 1 aliphatic rings. The number of nitrogens with one attached hydrogen (secondary N) is 1. The lowest BCUT2D eigenvalue weighted by molar-refractivity contribution is -0.113. The van der Waals surface area contributed by atoms with Gasteiger partial charge in [-0.3, -0.25) is 4.79 Å². The minimum Gasteiger partial charge on any atom is -0.376 e. The largest absolute Gasteiger partial charge is 0.376 e. The number of anilines is 1. The van der Waals surface area contributed by atoms with Crippen LogP contribution in [-0.2, 0) is 16.1 Å². The summed E-state index contributed by atoms with van der Waals surface area (Å²) in [5, 5.41) is 6.06. The molecule has 5 nitrogen and oxygen atoms in total. The molecule has 0 bridgehead atoms. The van der Waals surface area contributed by atoms with Crippen molar-refractivity contribution in [2.24, 2.45) is 0 Å². The van der Waals surface area contributed by atoms with Gasteiger partial charge >= 0.3 is 0 Å². The van der Waals surface area contributed by atoms with E-state index in [1.165, 1.54) is 11.8 Å². The maximum absolute atomic E-state index is 12.8. The summed E-state index contributed by atoms with van der Waals surface area (Å²) in [6, 6.07) is 24.3. The zero-order valence-corrected chi connectivity index (χ0v) is 18.6. The topological polar surface area (TPSA) is 56.2 Å². The number of carbonyl (C=O) groups excluding carboxylic acids is 1. The molecule has 3 aromatic carbocycles.